The highest BCUT2D eigenvalue weighted by Gasteiger charge is 2.05. The number of carbonyl (C=O) groups is 1. The lowest BCUT2D eigenvalue weighted by Gasteiger charge is -1.96. The monoisotopic (exact) mass is 180 g/mol. The third kappa shape index (κ3) is 1.60. The van der Waals surface area contributed by atoms with E-state index in [4.69, 9.17) is 16.9 Å². The van der Waals surface area contributed by atoms with E-state index in [1.807, 2.05) is 6.07 Å². The molecule has 0 aliphatic heterocycles. The average molecular weight is 181 g/mol. The first-order chi connectivity index (χ1) is 5.65. The molecule has 0 N–H and O–H groups in total. The van der Waals surface area contributed by atoms with E-state index in [1.165, 1.54) is 12.3 Å². The number of carbonyl (C=O) groups excluding carboxylic acids is 1. The lowest BCUT2D eigenvalue weighted by molar-refractivity contribution is 0.107. The maximum atomic E-state index is 10.6. The van der Waals surface area contributed by atoms with Gasteiger partial charge in [0.1, 0.15) is 11.8 Å². The summed E-state index contributed by atoms with van der Waals surface area (Å²) in [5.41, 5.74) is 1.33. The van der Waals surface area contributed by atoms with Crippen molar-refractivity contribution >= 4 is 16.8 Å². The fourth-order valence-corrected chi connectivity index (χ4v) is 0.884. The third-order valence-electron chi connectivity index (χ3n) is 1.43. The van der Waals surface area contributed by atoms with E-state index >= 15 is 0 Å². The van der Waals surface area contributed by atoms with E-state index in [0.29, 0.717) is 11.1 Å². The first-order valence-corrected chi connectivity index (χ1v) is 3.59. The van der Waals surface area contributed by atoms with Crippen molar-refractivity contribution in [3.8, 4) is 6.07 Å². The molecule has 0 atom stereocenters. The van der Waals surface area contributed by atoms with Crippen LogP contribution in [0.4, 0.5) is 0 Å². The van der Waals surface area contributed by atoms with E-state index < -0.39 is 5.24 Å². The molecule has 3 nitrogen and oxygen atoms in total. The molecule has 0 aromatic carbocycles. The van der Waals surface area contributed by atoms with Crippen LogP contribution >= 0.6 is 11.6 Å². The SMILES string of the molecule is Cc1cc(C(=O)Cl)ncc1C#N. The van der Waals surface area contributed by atoms with Crippen molar-refractivity contribution in [1.29, 1.82) is 5.26 Å². The second-order valence-corrected chi connectivity index (χ2v) is 2.61. The van der Waals surface area contributed by atoms with E-state index in [1.54, 1.807) is 6.92 Å². The van der Waals surface area contributed by atoms with Crippen LogP contribution < -0.4 is 0 Å². The van der Waals surface area contributed by atoms with Gasteiger partial charge >= 0.3 is 0 Å². The Bertz CT molecular complexity index is 368. The van der Waals surface area contributed by atoms with Crippen LogP contribution in [-0.2, 0) is 0 Å². The summed E-state index contributed by atoms with van der Waals surface area (Å²) in [6, 6.07) is 3.44. The molecule has 0 spiro atoms. The summed E-state index contributed by atoms with van der Waals surface area (Å²) in [6.07, 6.45) is 1.34. The van der Waals surface area contributed by atoms with Crippen LogP contribution in [0.25, 0.3) is 0 Å². The van der Waals surface area contributed by atoms with Gasteiger partial charge in [-0.1, -0.05) is 0 Å². The van der Waals surface area contributed by atoms with Gasteiger partial charge in [0, 0.05) is 6.20 Å². The quantitative estimate of drug-likeness (QED) is 0.618. The molecule has 0 aliphatic rings. The Labute approximate surface area is 74.6 Å². The maximum Gasteiger partial charge on any atom is 0.270 e. The fraction of sp³-hybridized carbons (Fsp3) is 0.125. The van der Waals surface area contributed by atoms with Crippen LogP contribution in [0.1, 0.15) is 21.6 Å². The molecule has 0 aliphatic carbocycles. The summed E-state index contributed by atoms with van der Waals surface area (Å²) in [5, 5.41) is 7.93. The largest absolute Gasteiger partial charge is 0.274 e. The zero-order valence-electron chi connectivity index (χ0n) is 6.34. The molecule has 0 fully saturated rings. The number of hydrogen-bond donors (Lipinski definition) is 0. The van der Waals surface area contributed by atoms with Crippen LogP contribution in [0.2, 0.25) is 0 Å². The lowest BCUT2D eigenvalue weighted by atomic mass is 10.1. The van der Waals surface area contributed by atoms with Crippen molar-refractivity contribution in [3.05, 3.63) is 29.1 Å². The van der Waals surface area contributed by atoms with Crippen LogP contribution in [0, 0.1) is 18.3 Å². The molecule has 60 valence electrons. The van der Waals surface area contributed by atoms with Crippen molar-refractivity contribution in [2.24, 2.45) is 0 Å². The number of nitriles is 1. The summed E-state index contributed by atoms with van der Waals surface area (Å²) >= 11 is 5.19. The zero-order valence-corrected chi connectivity index (χ0v) is 7.09. The third-order valence-corrected chi connectivity index (χ3v) is 1.63. The standard InChI is InChI=1S/C8H5ClN2O/c1-5-2-7(8(9)12)11-4-6(5)3-10/h2,4H,1H3. The number of pyridine rings is 1. The van der Waals surface area contributed by atoms with Crippen LogP contribution in [0.5, 0.6) is 0 Å². The van der Waals surface area contributed by atoms with E-state index in [9.17, 15) is 4.79 Å². The van der Waals surface area contributed by atoms with Gasteiger partial charge in [0.15, 0.2) is 0 Å². The summed E-state index contributed by atoms with van der Waals surface area (Å²) in [6.45, 7) is 1.73. The van der Waals surface area contributed by atoms with E-state index in [2.05, 4.69) is 4.98 Å². The van der Waals surface area contributed by atoms with Crippen molar-refractivity contribution in [1.82, 2.24) is 4.98 Å². The van der Waals surface area contributed by atoms with Crippen LogP contribution in [0.15, 0.2) is 12.3 Å². The van der Waals surface area contributed by atoms with Gasteiger partial charge < -0.3 is 0 Å². The van der Waals surface area contributed by atoms with Gasteiger partial charge in [0.2, 0.25) is 0 Å². The maximum absolute atomic E-state index is 10.6. The molecule has 0 unspecified atom stereocenters. The first kappa shape index (κ1) is 8.69. The van der Waals surface area contributed by atoms with Crippen LogP contribution in [-0.4, -0.2) is 10.2 Å². The minimum atomic E-state index is -0.609. The van der Waals surface area contributed by atoms with E-state index in [-0.39, 0.29) is 5.69 Å². The summed E-state index contributed by atoms with van der Waals surface area (Å²) in [7, 11) is 0. The molecular formula is C8H5ClN2O. The minimum absolute atomic E-state index is 0.174. The molecule has 12 heavy (non-hydrogen) atoms. The Morgan fingerprint density at radius 3 is 2.83 bits per heavy atom. The molecule has 0 bridgehead atoms. The number of halogens is 1. The van der Waals surface area contributed by atoms with Gasteiger partial charge in [0.05, 0.1) is 5.56 Å². The Kier molecular flexibility index (Phi) is 2.41. The number of rotatable bonds is 1. The molecule has 1 rings (SSSR count). The summed E-state index contributed by atoms with van der Waals surface area (Å²) < 4.78 is 0. The number of nitrogens with zero attached hydrogens (tertiary/aromatic N) is 2. The highest BCUT2D eigenvalue weighted by atomic mass is 35.5. The van der Waals surface area contributed by atoms with Gasteiger partial charge in [0.25, 0.3) is 5.24 Å². The predicted octanol–water partition coefficient (Wildman–Crippen LogP) is 1.64. The molecule has 4 heteroatoms. The Morgan fingerprint density at radius 1 is 1.75 bits per heavy atom. The molecule has 1 aromatic rings. The molecule has 0 saturated carbocycles. The van der Waals surface area contributed by atoms with Crippen molar-refractivity contribution in [3.63, 3.8) is 0 Å². The molecule has 1 heterocycles. The second-order valence-electron chi connectivity index (χ2n) is 2.27. The topological polar surface area (TPSA) is 53.8 Å². The number of hydrogen-bond acceptors (Lipinski definition) is 3. The average Bonchev–Trinajstić information content (AvgIpc) is 2.04. The smallest absolute Gasteiger partial charge is 0.270 e. The second kappa shape index (κ2) is 3.33. The van der Waals surface area contributed by atoms with Crippen molar-refractivity contribution < 1.29 is 4.79 Å². The molecule has 1 aromatic heterocycles. The Morgan fingerprint density at radius 2 is 2.42 bits per heavy atom. The van der Waals surface area contributed by atoms with Gasteiger partial charge in [-0.2, -0.15) is 5.26 Å². The fourth-order valence-electron chi connectivity index (χ4n) is 0.781. The Balaban J connectivity index is 3.21. The van der Waals surface area contributed by atoms with Gasteiger partial charge in [-0.05, 0) is 30.2 Å². The molecular weight excluding hydrogens is 176 g/mol. The Hall–Kier alpha value is -1.40. The van der Waals surface area contributed by atoms with Gasteiger partial charge in [-0.3, -0.25) is 9.78 Å². The van der Waals surface area contributed by atoms with Crippen molar-refractivity contribution in [2.75, 3.05) is 0 Å². The van der Waals surface area contributed by atoms with Crippen molar-refractivity contribution in [2.45, 2.75) is 6.92 Å². The van der Waals surface area contributed by atoms with Gasteiger partial charge in [-0.15, -0.1) is 0 Å². The lowest BCUT2D eigenvalue weighted by Crippen LogP contribution is -1.96. The summed E-state index contributed by atoms with van der Waals surface area (Å²) in [5.74, 6) is 0. The highest BCUT2D eigenvalue weighted by Crippen LogP contribution is 2.08. The molecule has 0 radical (unpaired) electrons. The first-order valence-electron chi connectivity index (χ1n) is 3.21. The highest BCUT2D eigenvalue weighted by molar-refractivity contribution is 6.67. The number of aromatic nitrogens is 1. The summed E-state index contributed by atoms with van der Waals surface area (Å²) in [4.78, 5) is 14.3. The number of aryl methyl sites for hydroxylation is 1. The van der Waals surface area contributed by atoms with E-state index in [0.717, 1.165) is 0 Å². The molecule has 0 amide bonds. The van der Waals surface area contributed by atoms with Crippen LogP contribution in [0.3, 0.4) is 0 Å². The zero-order chi connectivity index (χ0) is 9.14. The molecule has 0 saturated heterocycles. The van der Waals surface area contributed by atoms with Gasteiger partial charge in [-0.25, -0.2) is 0 Å². The predicted molar refractivity (Wildman–Crippen MR) is 43.9 cm³/mol. The normalized spacial score (nSPS) is 9.08. The minimum Gasteiger partial charge on any atom is -0.274 e.